The van der Waals surface area contributed by atoms with E-state index in [2.05, 4.69) is 20.9 Å². The lowest BCUT2D eigenvalue weighted by atomic mass is 9.96. The molecule has 1 fully saturated rings. The van der Waals surface area contributed by atoms with Gasteiger partial charge in [0.05, 0.1) is 35.4 Å². The van der Waals surface area contributed by atoms with Gasteiger partial charge < -0.3 is 19.4 Å². The number of carbonyl (C=O) groups is 2. The molecule has 0 atom stereocenters. The minimum Gasteiger partial charge on any atom is -0.486 e. The first-order valence-electron chi connectivity index (χ1n) is 13.5. The van der Waals surface area contributed by atoms with Gasteiger partial charge in [-0.05, 0) is 75.2 Å². The van der Waals surface area contributed by atoms with E-state index in [1.165, 1.54) is 0 Å². The van der Waals surface area contributed by atoms with Gasteiger partial charge in [0.25, 0.3) is 0 Å². The van der Waals surface area contributed by atoms with Gasteiger partial charge in [-0.1, -0.05) is 42.5 Å². The second-order valence-corrected chi connectivity index (χ2v) is 9.76. The van der Waals surface area contributed by atoms with E-state index in [4.69, 9.17) is 14.5 Å². The minimum atomic E-state index is -0.435. The summed E-state index contributed by atoms with van der Waals surface area (Å²) in [6, 6.07) is 25.0. The highest BCUT2D eigenvalue weighted by atomic mass is 16.5. The standard InChI is InChI=1S/C31H34N4O4/c1-2-38-31(37)25-12-6-7-13-26(25)33-30(36)21-34-18-16-23(17-19-34)20-35-28-15-9-8-14-27(28)32-29(35)22-39-24-10-4-3-5-11-24/h3-15,23H,2,16-22H2,1H3,(H,33,36). The third-order valence-corrected chi connectivity index (χ3v) is 7.06. The van der Waals surface area contributed by atoms with E-state index in [9.17, 15) is 9.59 Å². The number of hydrogen-bond acceptors (Lipinski definition) is 6. The lowest BCUT2D eigenvalue weighted by Gasteiger charge is -2.32. The first-order chi connectivity index (χ1) is 19.1. The molecule has 0 aliphatic carbocycles. The number of anilines is 1. The maximum atomic E-state index is 12.8. The van der Waals surface area contributed by atoms with Gasteiger partial charge in [-0.3, -0.25) is 9.69 Å². The topological polar surface area (TPSA) is 85.7 Å². The molecular weight excluding hydrogens is 492 g/mol. The van der Waals surface area contributed by atoms with Crippen molar-refractivity contribution in [2.75, 3.05) is 31.6 Å². The molecule has 5 rings (SSSR count). The number of ether oxygens (including phenoxy) is 2. The number of rotatable bonds is 10. The van der Waals surface area contributed by atoms with E-state index in [0.717, 1.165) is 55.1 Å². The molecule has 1 saturated heterocycles. The Morgan fingerprint density at radius 2 is 1.67 bits per heavy atom. The van der Waals surface area contributed by atoms with Crippen LogP contribution in [0, 0.1) is 5.92 Å². The van der Waals surface area contributed by atoms with Crippen LogP contribution in [0.1, 0.15) is 35.9 Å². The normalized spacial score (nSPS) is 14.3. The highest BCUT2D eigenvalue weighted by Gasteiger charge is 2.24. The van der Waals surface area contributed by atoms with Crippen molar-refractivity contribution in [3.05, 3.63) is 90.3 Å². The summed E-state index contributed by atoms with van der Waals surface area (Å²) in [5, 5.41) is 2.89. The molecule has 4 aromatic rings. The quantitative estimate of drug-likeness (QED) is 0.288. The van der Waals surface area contributed by atoms with Crippen LogP contribution in [0.5, 0.6) is 5.75 Å². The Labute approximate surface area is 228 Å². The molecule has 1 aliphatic heterocycles. The molecule has 3 aromatic carbocycles. The van der Waals surface area contributed by atoms with Crippen LogP contribution < -0.4 is 10.1 Å². The summed E-state index contributed by atoms with van der Waals surface area (Å²) in [6.07, 6.45) is 1.97. The molecular formula is C31H34N4O4. The summed E-state index contributed by atoms with van der Waals surface area (Å²) in [6.45, 7) is 5.27. The molecule has 202 valence electrons. The molecule has 8 nitrogen and oxygen atoms in total. The van der Waals surface area contributed by atoms with Crippen LogP contribution in [0.2, 0.25) is 0 Å². The number of fused-ring (bicyclic) bond motifs is 1. The van der Waals surface area contributed by atoms with Gasteiger partial charge >= 0.3 is 5.97 Å². The highest BCUT2D eigenvalue weighted by Crippen LogP contribution is 2.25. The molecule has 0 unspecified atom stereocenters. The fourth-order valence-electron chi connectivity index (χ4n) is 5.06. The molecule has 2 heterocycles. The molecule has 0 radical (unpaired) electrons. The van der Waals surface area contributed by atoms with Crippen LogP contribution in [0.3, 0.4) is 0 Å². The fourth-order valence-corrected chi connectivity index (χ4v) is 5.06. The molecule has 1 N–H and O–H groups in total. The first kappa shape index (κ1) is 26.4. The van der Waals surface area contributed by atoms with Crippen LogP contribution >= 0.6 is 0 Å². The average molecular weight is 527 g/mol. The number of carbonyl (C=O) groups excluding carboxylic acids is 2. The van der Waals surface area contributed by atoms with Crippen LogP contribution in [-0.2, 0) is 22.7 Å². The van der Waals surface area contributed by atoms with E-state index in [1.807, 2.05) is 48.5 Å². The Kier molecular flexibility index (Phi) is 8.53. The molecule has 1 aliphatic rings. The van der Waals surface area contributed by atoms with Gasteiger partial charge in [-0.2, -0.15) is 0 Å². The summed E-state index contributed by atoms with van der Waals surface area (Å²) in [5.41, 5.74) is 2.94. The van der Waals surface area contributed by atoms with E-state index < -0.39 is 5.97 Å². The van der Waals surface area contributed by atoms with Crippen molar-refractivity contribution in [1.82, 2.24) is 14.5 Å². The number of aromatic nitrogens is 2. The zero-order chi connectivity index (χ0) is 27.0. The van der Waals surface area contributed by atoms with Gasteiger partial charge in [0.1, 0.15) is 18.2 Å². The Hall–Kier alpha value is -4.17. The SMILES string of the molecule is CCOC(=O)c1ccccc1NC(=O)CN1CCC(Cn2c(COc3ccccc3)nc3ccccc32)CC1. The lowest BCUT2D eigenvalue weighted by Crippen LogP contribution is -2.40. The molecule has 0 bridgehead atoms. The number of hydrogen-bond donors (Lipinski definition) is 1. The molecule has 0 saturated carbocycles. The first-order valence-corrected chi connectivity index (χ1v) is 13.5. The summed E-state index contributed by atoms with van der Waals surface area (Å²) in [4.78, 5) is 32.1. The Morgan fingerprint density at radius 1 is 0.949 bits per heavy atom. The Bertz CT molecular complexity index is 1410. The maximum Gasteiger partial charge on any atom is 0.340 e. The van der Waals surface area contributed by atoms with Gasteiger partial charge in [0, 0.05) is 6.54 Å². The van der Waals surface area contributed by atoms with Crippen LogP contribution in [0.4, 0.5) is 5.69 Å². The number of piperidine rings is 1. The highest BCUT2D eigenvalue weighted by molar-refractivity contribution is 6.01. The summed E-state index contributed by atoms with van der Waals surface area (Å²) >= 11 is 0. The third kappa shape index (κ3) is 6.64. The number of likely N-dealkylation sites (tertiary alicyclic amines) is 1. The van der Waals surface area contributed by atoms with Crippen molar-refractivity contribution < 1.29 is 19.1 Å². The third-order valence-electron chi connectivity index (χ3n) is 7.06. The van der Waals surface area contributed by atoms with Crippen molar-refractivity contribution in [2.24, 2.45) is 5.92 Å². The number of benzene rings is 3. The summed E-state index contributed by atoms with van der Waals surface area (Å²) in [5.74, 6) is 1.65. The monoisotopic (exact) mass is 526 g/mol. The predicted octanol–water partition coefficient (Wildman–Crippen LogP) is 5.14. The molecule has 8 heteroatoms. The number of esters is 1. The second-order valence-electron chi connectivity index (χ2n) is 9.76. The molecule has 1 amide bonds. The van der Waals surface area contributed by atoms with E-state index in [-0.39, 0.29) is 19.1 Å². The van der Waals surface area contributed by atoms with Crippen LogP contribution in [0.15, 0.2) is 78.9 Å². The molecule has 39 heavy (non-hydrogen) atoms. The summed E-state index contributed by atoms with van der Waals surface area (Å²) < 4.78 is 13.4. The number of para-hydroxylation sites is 4. The van der Waals surface area contributed by atoms with Gasteiger partial charge in [-0.25, -0.2) is 9.78 Å². The number of imidazole rings is 1. The van der Waals surface area contributed by atoms with Crippen LogP contribution in [-0.4, -0.2) is 52.6 Å². The van der Waals surface area contributed by atoms with Gasteiger partial charge in [0.15, 0.2) is 0 Å². The Morgan fingerprint density at radius 3 is 2.46 bits per heavy atom. The lowest BCUT2D eigenvalue weighted by molar-refractivity contribution is -0.117. The van der Waals surface area contributed by atoms with Gasteiger partial charge in [-0.15, -0.1) is 0 Å². The van der Waals surface area contributed by atoms with Crippen molar-refractivity contribution >= 4 is 28.6 Å². The largest absolute Gasteiger partial charge is 0.486 e. The van der Waals surface area contributed by atoms with E-state index >= 15 is 0 Å². The van der Waals surface area contributed by atoms with Gasteiger partial charge in [0.2, 0.25) is 5.91 Å². The Balaban J connectivity index is 1.18. The molecule has 0 spiro atoms. The average Bonchev–Trinajstić information content (AvgIpc) is 3.31. The van der Waals surface area contributed by atoms with Crippen molar-refractivity contribution in [1.29, 1.82) is 0 Å². The van der Waals surface area contributed by atoms with E-state index in [0.29, 0.717) is 23.8 Å². The van der Waals surface area contributed by atoms with E-state index in [1.54, 1.807) is 31.2 Å². The molecule has 1 aromatic heterocycles. The summed E-state index contributed by atoms with van der Waals surface area (Å²) in [7, 11) is 0. The zero-order valence-corrected chi connectivity index (χ0v) is 22.2. The predicted molar refractivity (Wildman–Crippen MR) is 151 cm³/mol. The smallest absolute Gasteiger partial charge is 0.340 e. The maximum absolute atomic E-state index is 12.8. The number of nitrogens with zero attached hydrogens (tertiary/aromatic N) is 3. The fraction of sp³-hybridized carbons (Fsp3) is 0.323. The van der Waals surface area contributed by atoms with Crippen molar-refractivity contribution in [3.63, 3.8) is 0 Å². The minimum absolute atomic E-state index is 0.133. The van der Waals surface area contributed by atoms with Crippen molar-refractivity contribution in [3.8, 4) is 5.75 Å². The number of amides is 1. The zero-order valence-electron chi connectivity index (χ0n) is 22.2. The number of nitrogens with one attached hydrogen (secondary N) is 1. The van der Waals surface area contributed by atoms with Crippen molar-refractivity contribution in [2.45, 2.75) is 32.9 Å². The second kappa shape index (κ2) is 12.6. The van der Waals surface area contributed by atoms with Crippen LogP contribution in [0.25, 0.3) is 11.0 Å².